The fraction of sp³-hybridized carbons (Fsp3) is 0.500. The maximum atomic E-state index is 10.9. The predicted molar refractivity (Wildman–Crippen MR) is 72.1 cm³/mol. The summed E-state index contributed by atoms with van der Waals surface area (Å²) in [7, 11) is 1.78. The molecule has 5 nitrogen and oxygen atoms in total. The van der Waals surface area contributed by atoms with Gasteiger partial charge in [-0.05, 0) is 19.2 Å². The summed E-state index contributed by atoms with van der Waals surface area (Å²) >= 11 is 7.46. The first-order valence-corrected chi connectivity index (χ1v) is 6.77. The quantitative estimate of drug-likeness (QED) is 0.470. The molecule has 1 atom stereocenters. The molecule has 1 heterocycles. The molecule has 0 aromatic carbocycles. The lowest BCUT2D eigenvalue weighted by Gasteiger charge is -2.24. The van der Waals surface area contributed by atoms with E-state index in [0.29, 0.717) is 5.82 Å². The highest BCUT2D eigenvalue weighted by Gasteiger charge is 2.22. The lowest BCUT2D eigenvalue weighted by Crippen LogP contribution is -2.32. The molecule has 0 saturated carbocycles. The molecular weight excluding hydrogens is 262 g/mol. The molecule has 0 N–H and O–H groups in total. The van der Waals surface area contributed by atoms with Crippen LogP contribution in [0.2, 0.25) is 5.15 Å². The van der Waals surface area contributed by atoms with Crippen molar-refractivity contribution in [3.8, 4) is 0 Å². The van der Waals surface area contributed by atoms with Crippen LogP contribution in [-0.2, 0) is 0 Å². The predicted octanol–water partition coefficient (Wildman–Crippen LogP) is 2.83. The molecule has 0 saturated heterocycles. The van der Waals surface area contributed by atoms with Gasteiger partial charge in [-0.2, -0.15) is 11.8 Å². The average molecular weight is 276 g/mol. The largest absolute Gasteiger partial charge is 0.350 e. The second-order valence-corrected chi connectivity index (χ2v) is 4.95. The minimum atomic E-state index is -0.443. The molecule has 1 aromatic heterocycles. The number of halogens is 1. The normalized spacial score (nSPS) is 12.2. The molecule has 0 aliphatic carbocycles. The van der Waals surface area contributed by atoms with Gasteiger partial charge in [0.2, 0.25) is 5.82 Å². The first-order valence-electron chi connectivity index (χ1n) is 5.00. The lowest BCUT2D eigenvalue weighted by atomic mass is 10.3. The maximum Gasteiger partial charge on any atom is 0.311 e. The van der Waals surface area contributed by atoms with Crippen molar-refractivity contribution in [1.29, 1.82) is 0 Å². The van der Waals surface area contributed by atoms with Gasteiger partial charge in [0.05, 0.1) is 4.92 Å². The highest BCUT2D eigenvalue weighted by molar-refractivity contribution is 7.98. The number of anilines is 1. The van der Waals surface area contributed by atoms with Crippen LogP contribution in [0.5, 0.6) is 0 Å². The molecule has 1 unspecified atom stereocenters. The van der Waals surface area contributed by atoms with Gasteiger partial charge in [-0.3, -0.25) is 10.1 Å². The summed E-state index contributed by atoms with van der Waals surface area (Å²) in [4.78, 5) is 16.3. The molecule has 1 aromatic rings. The van der Waals surface area contributed by atoms with Gasteiger partial charge in [0.25, 0.3) is 0 Å². The van der Waals surface area contributed by atoms with Gasteiger partial charge in [0.15, 0.2) is 0 Å². The van der Waals surface area contributed by atoms with Gasteiger partial charge in [-0.1, -0.05) is 11.6 Å². The van der Waals surface area contributed by atoms with Crippen LogP contribution in [-0.4, -0.2) is 35.0 Å². The van der Waals surface area contributed by atoms with Crippen LogP contribution >= 0.6 is 23.4 Å². The van der Waals surface area contributed by atoms with Crippen molar-refractivity contribution in [2.24, 2.45) is 0 Å². The Kier molecular flexibility index (Phi) is 5.02. The van der Waals surface area contributed by atoms with E-state index >= 15 is 0 Å². The Morgan fingerprint density at radius 1 is 1.65 bits per heavy atom. The number of hydrogen-bond acceptors (Lipinski definition) is 5. The van der Waals surface area contributed by atoms with E-state index in [0.717, 1.165) is 5.75 Å². The van der Waals surface area contributed by atoms with Crippen molar-refractivity contribution in [1.82, 2.24) is 4.98 Å². The van der Waals surface area contributed by atoms with E-state index < -0.39 is 4.92 Å². The molecule has 17 heavy (non-hydrogen) atoms. The van der Waals surface area contributed by atoms with Crippen LogP contribution in [0.25, 0.3) is 0 Å². The number of hydrogen-bond donors (Lipinski definition) is 0. The van der Waals surface area contributed by atoms with Crippen LogP contribution in [0.15, 0.2) is 12.1 Å². The van der Waals surface area contributed by atoms with Crippen LogP contribution in [0, 0.1) is 10.1 Å². The molecule has 0 bridgehead atoms. The summed E-state index contributed by atoms with van der Waals surface area (Å²) in [5.74, 6) is 1.17. The van der Waals surface area contributed by atoms with Crippen molar-refractivity contribution in [2.75, 3.05) is 24.0 Å². The first-order chi connectivity index (χ1) is 7.97. The van der Waals surface area contributed by atoms with Crippen LogP contribution in [0.4, 0.5) is 11.5 Å². The fourth-order valence-corrected chi connectivity index (χ4v) is 2.23. The smallest absolute Gasteiger partial charge is 0.311 e. The van der Waals surface area contributed by atoms with Gasteiger partial charge in [-0.25, -0.2) is 4.98 Å². The summed E-state index contributed by atoms with van der Waals surface area (Å²) in [5.41, 5.74) is -0.0233. The SMILES string of the molecule is CSCC(C)N(C)c1nc(Cl)ccc1[N+](=O)[O-]. The molecular formula is C10H14ClN3O2S. The lowest BCUT2D eigenvalue weighted by molar-refractivity contribution is -0.384. The van der Waals surface area contributed by atoms with Crippen molar-refractivity contribution >= 4 is 34.9 Å². The first kappa shape index (κ1) is 14.1. The highest BCUT2D eigenvalue weighted by Crippen LogP contribution is 2.28. The Morgan fingerprint density at radius 3 is 2.82 bits per heavy atom. The van der Waals surface area contributed by atoms with Crippen molar-refractivity contribution in [3.05, 3.63) is 27.4 Å². The Hall–Kier alpha value is -1.01. The van der Waals surface area contributed by atoms with E-state index in [9.17, 15) is 10.1 Å². The second-order valence-electron chi connectivity index (χ2n) is 3.65. The summed E-state index contributed by atoms with van der Waals surface area (Å²) in [6.45, 7) is 1.99. The van der Waals surface area contributed by atoms with Crippen LogP contribution < -0.4 is 4.90 Å². The summed E-state index contributed by atoms with van der Waals surface area (Å²) in [6.07, 6.45) is 1.99. The maximum absolute atomic E-state index is 10.9. The Labute approximate surface area is 109 Å². The molecule has 1 rings (SSSR count). The zero-order chi connectivity index (χ0) is 13.0. The van der Waals surface area contributed by atoms with Gasteiger partial charge >= 0.3 is 5.69 Å². The Bertz CT molecular complexity index is 417. The Balaban J connectivity index is 3.10. The van der Waals surface area contributed by atoms with Gasteiger partial charge < -0.3 is 4.90 Å². The standard InChI is InChI=1S/C10H14ClN3O2S/c1-7(6-17-3)13(2)10-8(14(15)16)4-5-9(11)12-10/h4-5,7H,6H2,1-3H3. The summed E-state index contributed by atoms with van der Waals surface area (Å²) in [6, 6.07) is 2.96. The van der Waals surface area contributed by atoms with Crippen molar-refractivity contribution in [3.63, 3.8) is 0 Å². The molecule has 7 heteroatoms. The van der Waals surface area contributed by atoms with E-state index in [1.807, 2.05) is 13.2 Å². The number of rotatable bonds is 5. The third-order valence-electron chi connectivity index (χ3n) is 2.42. The number of pyridine rings is 1. The topological polar surface area (TPSA) is 59.3 Å². The average Bonchev–Trinajstić information content (AvgIpc) is 2.27. The third kappa shape index (κ3) is 3.47. The van der Waals surface area contributed by atoms with E-state index in [-0.39, 0.29) is 16.9 Å². The number of nitro groups is 1. The molecule has 0 aliphatic heterocycles. The highest BCUT2D eigenvalue weighted by atomic mass is 35.5. The summed E-state index contributed by atoms with van der Waals surface area (Å²) < 4.78 is 0. The number of aromatic nitrogens is 1. The van der Waals surface area contributed by atoms with Gasteiger partial charge in [0.1, 0.15) is 5.15 Å². The summed E-state index contributed by atoms with van der Waals surface area (Å²) in [5, 5.41) is 11.2. The molecule has 0 radical (unpaired) electrons. The molecule has 0 aliphatic rings. The monoisotopic (exact) mass is 275 g/mol. The molecule has 0 spiro atoms. The third-order valence-corrected chi connectivity index (χ3v) is 3.45. The minimum absolute atomic E-state index is 0.0233. The minimum Gasteiger partial charge on any atom is -0.350 e. The molecule has 0 fully saturated rings. The van der Waals surface area contributed by atoms with Crippen LogP contribution in [0.1, 0.15) is 6.92 Å². The van der Waals surface area contributed by atoms with Crippen LogP contribution in [0.3, 0.4) is 0 Å². The van der Waals surface area contributed by atoms with E-state index in [1.54, 1.807) is 23.7 Å². The van der Waals surface area contributed by atoms with E-state index in [1.165, 1.54) is 12.1 Å². The Morgan fingerprint density at radius 2 is 2.29 bits per heavy atom. The van der Waals surface area contributed by atoms with E-state index in [4.69, 9.17) is 11.6 Å². The zero-order valence-electron chi connectivity index (χ0n) is 9.88. The number of nitrogens with zero attached hydrogens (tertiary/aromatic N) is 3. The second kappa shape index (κ2) is 6.07. The number of thioether (sulfide) groups is 1. The van der Waals surface area contributed by atoms with Crippen molar-refractivity contribution in [2.45, 2.75) is 13.0 Å². The fourth-order valence-electron chi connectivity index (χ4n) is 1.38. The van der Waals surface area contributed by atoms with Crippen molar-refractivity contribution < 1.29 is 4.92 Å². The molecule has 0 amide bonds. The zero-order valence-corrected chi connectivity index (χ0v) is 11.5. The molecule has 94 valence electrons. The van der Waals surface area contributed by atoms with Gasteiger partial charge in [0, 0.05) is 24.9 Å². The van der Waals surface area contributed by atoms with Gasteiger partial charge in [-0.15, -0.1) is 0 Å². The van der Waals surface area contributed by atoms with E-state index in [2.05, 4.69) is 4.98 Å².